The summed E-state index contributed by atoms with van der Waals surface area (Å²) in [6.45, 7) is 0. The maximum absolute atomic E-state index is 13.8. The first kappa shape index (κ1) is 24.8. The molecule has 0 aromatic carbocycles. The third-order valence-corrected chi connectivity index (χ3v) is 3.89. The van der Waals surface area contributed by atoms with Crippen molar-refractivity contribution in [3.05, 3.63) is 0 Å². The van der Waals surface area contributed by atoms with Gasteiger partial charge in [0.2, 0.25) is 0 Å². The van der Waals surface area contributed by atoms with Crippen molar-refractivity contribution in [2.75, 3.05) is 4.43 Å². The molecule has 0 spiro atoms. The number of hydrogen-bond donors (Lipinski definition) is 0. The maximum atomic E-state index is 13.8. The maximum Gasteiger partial charge on any atom is 0.431 e. The van der Waals surface area contributed by atoms with E-state index in [0.29, 0.717) is 0 Å². The highest BCUT2D eigenvalue weighted by Gasteiger charge is 2.80. The second-order valence-corrected chi connectivity index (χ2v) is 5.96. The first-order valence-electron chi connectivity index (χ1n) is 5.87. The van der Waals surface area contributed by atoms with Crippen molar-refractivity contribution in [1.29, 1.82) is 0 Å². The molecule has 0 aromatic rings. The van der Waals surface area contributed by atoms with Gasteiger partial charge in [-0.05, 0) is 10.8 Å². The molecule has 0 rings (SSSR count). The molecule has 25 heavy (non-hydrogen) atoms. The second kappa shape index (κ2) is 7.05. The fourth-order valence-electron chi connectivity index (χ4n) is 1.93. The Bertz CT molecular complexity index is 412. The molecule has 0 fully saturated rings. The number of rotatable bonds is 5. The molecule has 152 valence electrons. The molecule has 0 saturated heterocycles. The van der Waals surface area contributed by atoms with Crippen molar-refractivity contribution in [3.63, 3.8) is 0 Å². The standard InChI is InChI=1S/C10H7F14I/c11-5(7(13,14)15,8(16,17)18)3-4(1-2-25)6(12,9(19,20)21)10(22,23)24/h4H,1-3H2. The van der Waals surface area contributed by atoms with Crippen LogP contribution in [0.2, 0.25) is 0 Å². The van der Waals surface area contributed by atoms with Gasteiger partial charge in [-0.3, -0.25) is 0 Å². The molecule has 0 nitrogen and oxygen atoms in total. The summed E-state index contributed by atoms with van der Waals surface area (Å²) >= 11 is 1.01. The van der Waals surface area contributed by atoms with Crippen molar-refractivity contribution in [3.8, 4) is 0 Å². The lowest BCUT2D eigenvalue weighted by molar-refractivity contribution is -0.379. The van der Waals surface area contributed by atoms with E-state index in [2.05, 4.69) is 0 Å². The van der Waals surface area contributed by atoms with Gasteiger partial charge in [0.05, 0.1) is 0 Å². The monoisotopic (exact) mass is 520 g/mol. The lowest BCUT2D eigenvalue weighted by Gasteiger charge is -2.40. The minimum atomic E-state index is -6.92. The van der Waals surface area contributed by atoms with Gasteiger partial charge in [0.15, 0.2) is 0 Å². The van der Waals surface area contributed by atoms with Crippen LogP contribution in [0.3, 0.4) is 0 Å². The van der Waals surface area contributed by atoms with Gasteiger partial charge in [-0.2, -0.15) is 52.7 Å². The highest BCUT2D eigenvalue weighted by molar-refractivity contribution is 14.1. The van der Waals surface area contributed by atoms with Crippen LogP contribution in [0.15, 0.2) is 0 Å². The van der Waals surface area contributed by atoms with Crippen LogP contribution in [0, 0.1) is 5.92 Å². The summed E-state index contributed by atoms with van der Waals surface area (Å²) in [5.74, 6) is -4.02. The average molecular weight is 520 g/mol. The predicted molar refractivity (Wildman–Crippen MR) is 63.5 cm³/mol. The molecule has 0 aliphatic rings. The van der Waals surface area contributed by atoms with E-state index in [1.165, 1.54) is 0 Å². The van der Waals surface area contributed by atoms with Gasteiger partial charge < -0.3 is 0 Å². The Hall–Kier alpha value is -0.250. The lowest BCUT2D eigenvalue weighted by Crippen LogP contribution is -2.62. The minimum Gasteiger partial charge on any atom is -0.224 e. The van der Waals surface area contributed by atoms with Crippen LogP contribution in [0.1, 0.15) is 12.8 Å². The van der Waals surface area contributed by atoms with Crippen molar-refractivity contribution in [2.45, 2.75) is 48.9 Å². The molecule has 0 aliphatic heterocycles. The van der Waals surface area contributed by atoms with Crippen LogP contribution in [-0.4, -0.2) is 40.5 Å². The van der Waals surface area contributed by atoms with Crippen LogP contribution in [0.4, 0.5) is 61.5 Å². The van der Waals surface area contributed by atoms with Gasteiger partial charge in [0.1, 0.15) is 0 Å². The van der Waals surface area contributed by atoms with Crippen molar-refractivity contribution >= 4 is 22.6 Å². The Morgan fingerprint density at radius 2 is 0.880 bits per heavy atom. The second-order valence-electron chi connectivity index (χ2n) is 4.88. The largest absolute Gasteiger partial charge is 0.431 e. The summed E-state index contributed by atoms with van der Waals surface area (Å²) in [7, 11) is 0. The van der Waals surface area contributed by atoms with Crippen LogP contribution in [0.25, 0.3) is 0 Å². The van der Waals surface area contributed by atoms with Gasteiger partial charge >= 0.3 is 30.4 Å². The Morgan fingerprint density at radius 1 is 0.560 bits per heavy atom. The summed E-state index contributed by atoms with van der Waals surface area (Å²) in [5, 5.41) is 0. The normalized spacial score (nSPS) is 16.9. The van der Waals surface area contributed by atoms with E-state index in [1.54, 1.807) is 0 Å². The summed E-state index contributed by atoms with van der Waals surface area (Å²) in [6, 6.07) is 0. The van der Waals surface area contributed by atoms with E-state index in [1.807, 2.05) is 0 Å². The van der Waals surface area contributed by atoms with E-state index < -0.39 is 59.2 Å². The highest BCUT2D eigenvalue weighted by atomic mass is 127. The quantitative estimate of drug-likeness (QED) is 0.221. The summed E-state index contributed by atoms with van der Waals surface area (Å²) in [6.07, 6.45) is -32.8. The van der Waals surface area contributed by atoms with Crippen molar-refractivity contribution in [1.82, 2.24) is 0 Å². The zero-order chi connectivity index (χ0) is 20.7. The van der Waals surface area contributed by atoms with Crippen molar-refractivity contribution < 1.29 is 61.5 Å². The van der Waals surface area contributed by atoms with Gasteiger partial charge in [0.25, 0.3) is 5.67 Å². The molecule has 0 N–H and O–H groups in total. The molecule has 15 heteroatoms. The number of halogens is 15. The fourth-order valence-corrected chi connectivity index (χ4v) is 2.68. The lowest BCUT2D eigenvalue weighted by atomic mass is 9.77. The van der Waals surface area contributed by atoms with Gasteiger partial charge in [-0.1, -0.05) is 22.6 Å². The van der Waals surface area contributed by atoms with Crippen molar-refractivity contribution in [2.24, 2.45) is 5.92 Å². The van der Waals surface area contributed by atoms with Crippen LogP contribution < -0.4 is 0 Å². The molecule has 0 bridgehead atoms. The third kappa shape index (κ3) is 4.54. The third-order valence-electron chi connectivity index (χ3n) is 3.27. The smallest absolute Gasteiger partial charge is 0.224 e. The average Bonchev–Trinajstić information content (AvgIpc) is 2.31. The number of alkyl halides is 15. The van der Waals surface area contributed by atoms with E-state index in [-0.39, 0.29) is 0 Å². The van der Waals surface area contributed by atoms with Crippen LogP contribution >= 0.6 is 22.6 Å². The summed E-state index contributed by atoms with van der Waals surface area (Å²) in [4.78, 5) is 0. The highest BCUT2D eigenvalue weighted by Crippen LogP contribution is 2.57. The number of hydrogen-bond acceptors (Lipinski definition) is 0. The van der Waals surface area contributed by atoms with Gasteiger partial charge in [-0.25, -0.2) is 8.78 Å². The summed E-state index contributed by atoms with van der Waals surface area (Å²) < 4.78 is 176. The molecule has 0 radical (unpaired) electrons. The Labute approximate surface area is 144 Å². The van der Waals surface area contributed by atoms with E-state index in [0.717, 1.165) is 22.6 Å². The van der Waals surface area contributed by atoms with E-state index in [9.17, 15) is 61.5 Å². The first-order chi connectivity index (χ1) is 10.7. The zero-order valence-corrected chi connectivity index (χ0v) is 13.5. The molecular formula is C10H7F14I. The molecule has 0 aliphatic carbocycles. The molecule has 1 atom stereocenters. The predicted octanol–water partition coefficient (Wildman–Crippen LogP) is 6.48. The molecule has 0 amide bonds. The molecule has 0 saturated carbocycles. The minimum absolute atomic E-state index is 0.897. The van der Waals surface area contributed by atoms with Crippen LogP contribution in [-0.2, 0) is 0 Å². The molecule has 1 unspecified atom stereocenters. The Balaban J connectivity index is 6.39. The van der Waals surface area contributed by atoms with E-state index >= 15 is 0 Å². The van der Waals surface area contributed by atoms with Gasteiger partial charge in [0, 0.05) is 12.3 Å². The zero-order valence-electron chi connectivity index (χ0n) is 11.4. The fraction of sp³-hybridized carbons (Fsp3) is 1.00. The summed E-state index contributed by atoms with van der Waals surface area (Å²) in [5.41, 5.74) is -12.9. The Morgan fingerprint density at radius 3 is 1.08 bits per heavy atom. The first-order valence-corrected chi connectivity index (χ1v) is 7.40. The Kier molecular flexibility index (Phi) is 6.98. The van der Waals surface area contributed by atoms with Crippen LogP contribution in [0.5, 0.6) is 0 Å². The van der Waals surface area contributed by atoms with Gasteiger partial charge in [-0.15, -0.1) is 0 Å². The molecule has 0 heterocycles. The van der Waals surface area contributed by atoms with E-state index in [4.69, 9.17) is 0 Å². The molecule has 0 aromatic heterocycles. The SMILES string of the molecule is FC(F)(F)C(F)(CC(CCI)C(F)(C(F)(F)F)C(F)(F)F)C(F)(F)F. The molecular weight excluding hydrogens is 513 g/mol. The topological polar surface area (TPSA) is 0 Å².